The molecule has 0 bridgehead atoms. The fraction of sp³-hybridized carbons (Fsp3) is 0.320. The van der Waals surface area contributed by atoms with Crippen molar-refractivity contribution >= 4 is 40.4 Å². The lowest BCUT2D eigenvalue weighted by Gasteiger charge is -2.34. The van der Waals surface area contributed by atoms with E-state index in [1.807, 2.05) is 53.6 Å². The van der Waals surface area contributed by atoms with Gasteiger partial charge in [-0.2, -0.15) is 0 Å². The number of hydrogen-bond acceptors (Lipinski definition) is 4. The second-order valence-corrected chi connectivity index (χ2v) is 9.87. The van der Waals surface area contributed by atoms with Crippen molar-refractivity contribution in [1.29, 1.82) is 0 Å². The summed E-state index contributed by atoms with van der Waals surface area (Å²) >= 11 is 14.1. The van der Waals surface area contributed by atoms with Crippen molar-refractivity contribution in [3.8, 4) is 5.75 Å². The van der Waals surface area contributed by atoms with Crippen LogP contribution in [0.1, 0.15) is 31.9 Å². The van der Waals surface area contributed by atoms with Crippen LogP contribution in [0, 0.1) is 13.8 Å². The van der Waals surface area contributed by atoms with Crippen LogP contribution in [0.15, 0.2) is 47.8 Å². The van der Waals surface area contributed by atoms with E-state index in [-0.39, 0.29) is 5.91 Å². The van der Waals surface area contributed by atoms with Crippen LogP contribution in [0.2, 0.25) is 10.0 Å². The normalized spacial score (nSPS) is 14.6. The maximum atomic E-state index is 13.0. The molecular formula is C25H26Cl2N2O2S. The van der Waals surface area contributed by atoms with Crippen molar-refractivity contribution in [2.75, 3.05) is 26.2 Å². The number of benzene rings is 2. The van der Waals surface area contributed by atoms with Gasteiger partial charge in [0.05, 0.1) is 4.88 Å². The zero-order chi connectivity index (χ0) is 22.7. The number of halogens is 2. The van der Waals surface area contributed by atoms with Crippen LogP contribution in [0.25, 0.3) is 0 Å². The highest BCUT2D eigenvalue weighted by molar-refractivity contribution is 7.12. The number of carbonyl (C=O) groups is 1. The monoisotopic (exact) mass is 488 g/mol. The lowest BCUT2D eigenvalue weighted by atomic mass is 10.1. The molecule has 1 aromatic heterocycles. The first kappa shape index (κ1) is 23.1. The molecule has 1 aliphatic heterocycles. The summed E-state index contributed by atoms with van der Waals surface area (Å²) in [6.45, 7) is 8.23. The quantitative estimate of drug-likeness (QED) is 0.413. The molecule has 1 saturated heterocycles. The van der Waals surface area contributed by atoms with E-state index in [2.05, 4.69) is 17.9 Å². The number of aryl methyl sites for hydroxylation is 2. The Labute approximate surface area is 203 Å². The van der Waals surface area contributed by atoms with Crippen LogP contribution >= 0.6 is 34.5 Å². The Bertz CT molecular complexity index is 1090. The van der Waals surface area contributed by atoms with E-state index in [0.717, 1.165) is 40.4 Å². The highest BCUT2D eigenvalue weighted by Gasteiger charge is 2.24. The van der Waals surface area contributed by atoms with Crippen LogP contribution in [0.3, 0.4) is 0 Å². The summed E-state index contributed by atoms with van der Waals surface area (Å²) < 4.78 is 5.96. The van der Waals surface area contributed by atoms with Gasteiger partial charge in [0, 0.05) is 53.9 Å². The van der Waals surface area contributed by atoms with E-state index in [1.54, 1.807) is 0 Å². The Kier molecular flexibility index (Phi) is 7.41. The molecule has 1 fully saturated rings. The summed E-state index contributed by atoms with van der Waals surface area (Å²) in [6, 6.07) is 13.7. The lowest BCUT2D eigenvalue weighted by Crippen LogP contribution is -2.48. The molecule has 0 aliphatic carbocycles. The molecule has 3 aromatic rings. The molecule has 168 valence electrons. The number of piperazine rings is 1. The molecular weight excluding hydrogens is 463 g/mol. The van der Waals surface area contributed by atoms with Gasteiger partial charge in [-0.1, -0.05) is 47.0 Å². The minimum atomic E-state index is 0.0863. The van der Waals surface area contributed by atoms with Crippen molar-refractivity contribution in [2.24, 2.45) is 0 Å². The summed E-state index contributed by atoms with van der Waals surface area (Å²) in [5.41, 5.74) is 4.30. The molecule has 7 heteroatoms. The Morgan fingerprint density at radius 3 is 2.44 bits per heavy atom. The third-order valence-electron chi connectivity index (χ3n) is 5.69. The van der Waals surface area contributed by atoms with Gasteiger partial charge in [-0.25, -0.2) is 0 Å². The van der Waals surface area contributed by atoms with Crippen LogP contribution < -0.4 is 4.74 Å². The minimum Gasteiger partial charge on any atom is -0.489 e. The molecule has 0 radical (unpaired) electrons. The second-order valence-electron chi connectivity index (χ2n) is 8.15. The molecule has 0 unspecified atom stereocenters. The van der Waals surface area contributed by atoms with Gasteiger partial charge in [-0.3, -0.25) is 9.69 Å². The fourth-order valence-corrected chi connectivity index (χ4v) is 5.24. The predicted octanol–water partition coefficient (Wildman–Crippen LogP) is 6.21. The van der Waals surface area contributed by atoms with Crippen LogP contribution in [0.4, 0.5) is 0 Å². The first-order valence-electron chi connectivity index (χ1n) is 10.6. The topological polar surface area (TPSA) is 32.8 Å². The molecule has 0 saturated carbocycles. The van der Waals surface area contributed by atoms with Gasteiger partial charge in [-0.05, 0) is 49.1 Å². The average Bonchev–Trinajstić information content (AvgIpc) is 3.25. The first-order valence-corrected chi connectivity index (χ1v) is 12.3. The number of rotatable bonds is 6. The third-order valence-corrected chi connectivity index (χ3v) is 7.37. The van der Waals surface area contributed by atoms with Gasteiger partial charge in [-0.15, -0.1) is 11.3 Å². The van der Waals surface area contributed by atoms with E-state index >= 15 is 0 Å². The maximum Gasteiger partial charge on any atom is 0.264 e. The number of nitrogens with zero attached hydrogens (tertiary/aromatic N) is 2. The van der Waals surface area contributed by atoms with Crippen LogP contribution in [-0.2, 0) is 13.2 Å². The van der Waals surface area contributed by atoms with Gasteiger partial charge in [0.15, 0.2) is 0 Å². The Morgan fingerprint density at radius 1 is 1.03 bits per heavy atom. The lowest BCUT2D eigenvalue weighted by molar-refractivity contribution is 0.0633. The SMILES string of the molecule is Cc1ccc(OCc2csc(C(=O)N3CCN(Cc4c(Cl)cccc4Cl)CC3)c2)c(C)c1. The zero-order valence-corrected chi connectivity index (χ0v) is 20.6. The van der Waals surface area contributed by atoms with Crippen LogP contribution in [-0.4, -0.2) is 41.9 Å². The third kappa shape index (κ3) is 5.46. The van der Waals surface area contributed by atoms with E-state index in [1.165, 1.54) is 16.9 Å². The Morgan fingerprint density at radius 2 is 1.75 bits per heavy atom. The fourth-order valence-electron chi connectivity index (χ4n) is 3.86. The largest absolute Gasteiger partial charge is 0.489 e. The van der Waals surface area contributed by atoms with Gasteiger partial charge in [0.2, 0.25) is 0 Å². The minimum absolute atomic E-state index is 0.0863. The van der Waals surface area contributed by atoms with Crippen molar-refractivity contribution in [2.45, 2.75) is 27.0 Å². The van der Waals surface area contributed by atoms with Crippen LogP contribution in [0.5, 0.6) is 5.75 Å². The number of ether oxygens (including phenoxy) is 1. The highest BCUT2D eigenvalue weighted by atomic mass is 35.5. The average molecular weight is 489 g/mol. The summed E-state index contributed by atoms with van der Waals surface area (Å²) in [4.78, 5) is 18.0. The second kappa shape index (κ2) is 10.3. The van der Waals surface area contributed by atoms with Gasteiger partial charge >= 0.3 is 0 Å². The number of carbonyl (C=O) groups excluding carboxylic acids is 1. The van der Waals surface area contributed by atoms with Crippen molar-refractivity contribution in [1.82, 2.24) is 9.80 Å². The van der Waals surface area contributed by atoms with Gasteiger partial charge < -0.3 is 9.64 Å². The first-order chi connectivity index (χ1) is 15.4. The standard InChI is InChI=1S/C25H26Cl2N2O2S/c1-17-6-7-23(18(2)12-17)31-15-19-13-24(32-16-19)25(30)29-10-8-28(9-11-29)14-20-21(26)4-3-5-22(20)27/h3-7,12-13,16H,8-11,14-15H2,1-2H3. The van der Waals surface area contributed by atoms with Gasteiger partial charge in [0.25, 0.3) is 5.91 Å². The number of thiophene rings is 1. The molecule has 4 rings (SSSR count). The molecule has 0 spiro atoms. The Hall–Kier alpha value is -2.05. The molecule has 0 N–H and O–H groups in total. The molecule has 32 heavy (non-hydrogen) atoms. The molecule has 2 heterocycles. The molecule has 0 atom stereocenters. The molecule has 2 aromatic carbocycles. The summed E-state index contributed by atoms with van der Waals surface area (Å²) in [5.74, 6) is 0.965. The molecule has 1 aliphatic rings. The Balaban J connectivity index is 1.30. The summed E-state index contributed by atoms with van der Waals surface area (Å²) in [6.07, 6.45) is 0. The van der Waals surface area contributed by atoms with E-state index in [0.29, 0.717) is 36.3 Å². The maximum absolute atomic E-state index is 13.0. The van der Waals surface area contributed by atoms with Crippen molar-refractivity contribution < 1.29 is 9.53 Å². The van der Waals surface area contributed by atoms with E-state index < -0.39 is 0 Å². The van der Waals surface area contributed by atoms with Gasteiger partial charge in [0.1, 0.15) is 12.4 Å². The van der Waals surface area contributed by atoms with E-state index in [9.17, 15) is 4.79 Å². The zero-order valence-electron chi connectivity index (χ0n) is 18.2. The van der Waals surface area contributed by atoms with Crippen molar-refractivity contribution in [3.05, 3.63) is 85.0 Å². The smallest absolute Gasteiger partial charge is 0.264 e. The molecule has 1 amide bonds. The van der Waals surface area contributed by atoms with Crippen molar-refractivity contribution in [3.63, 3.8) is 0 Å². The highest BCUT2D eigenvalue weighted by Crippen LogP contribution is 2.27. The van der Waals surface area contributed by atoms with E-state index in [4.69, 9.17) is 27.9 Å². The summed E-state index contributed by atoms with van der Waals surface area (Å²) in [5, 5.41) is 3.38. The summed E-state index contributed by atoms with van der Waals surface area (Å²) in [7, 11) is 0. The molecule has 4 nitrogen and oxygen atoms in total. The predicted molar refractivity (Wildman–Crippen MR) is 132 cm³/mol. The number of hydrogen-bond donors (Lipinski definition) is 0. The number of amides is 1.